The van der Waals surface area contributed by atoms with Crippen LogP contribution in [0.1, 0.15) is 91.3 Å². The van der Waals surface area contributed by atoms with E-state index in [1.807, 2.05) is 0 Å². The van der Waals surface area contributed by atoms with E-state index in [4.69, 9.17) is 0 Å². The molecule has 4 heteroatoms. The maximum atomic E-state index is 2.69. The first-order valence-electron chi connectivity index (χ1n) is 19.1. The molecule has 0 spiro atoms. The molecule has 1 aliphatic heterocycles. The van der Waals surface area contributed by atoms with Crippen molar-refractivity contribution in [3.8, 4) is 22.3 Å². The largest absolute Gasteiger partial charge is 1.00 e. The van der Waals surface area contributed by atoms with Gasteiger partial charge in [0.05, 0.1) is 0 Å². The summed E-state index contributed by atoms with van der Waals surface area (Å²) in [5, 5.41) is 3.34. The number of allylic oxidation sites excluding steroid dienone is 2. The first kappa shape index (κ1) is 38.7. The standard InChI is InChI=1S/C50H46Si.2ClH.Zr/c1-33(2)35-23-27-39(28-24-35)43-21-13-19-41-31-45(37-15-9-7-10-16-37)49(47(41)43)51(5,6)50-46(38-17-11-8-12-18-38)32-42-20-14-22-44(48(42)50)40-29-25-36(26-30-40)34(3)4;;;/h7-34H,1-6H3;2*1H;/q;;;+2/p-2. The molecule has 54 heavy (non-hydrogen) atoms. The van der Waals surface area contributed by atoms with Crippen LogP contribution >= 0.6 is 0 Å². The summed E-state index contributed by atoms with van der Waals surface area (Å²) in [7, 11) is -2.44. The maximum Gasteiger partial charge on any atom is -1.00 e. The van der Waals surface area contributed by atoms with Gasteiger partial charge in [0.1, 0.15) is 0 Å². The van der Waals surface area contributed by atoms with Gasteiger partial charge in [-0.25, -0.2) is 0 Å². The van der Waals surface area contributed by atoms with Crippen LogP contribution in [0, 0.1) is 0 Å². The Morgan fingerprint density at radius 3 is 1.15 bits per heavy atom. The van der Waals surface area contributed by atoms with Gasteiger partial charge in [-0.15, -0.1) is 0 Å². The molecule has 6 aromatic carbocycles. The molecule has 1 heterocycles. The van der Waals surface area contributed by atoms with E-state index in [9.17, 15) is 0 Å². The molecule has 4 bridgehead atoms. The van der Waals surface area contributed by atoms with E-state index in [2.05, 4.69) is 186 Å². The van der Waals surface area contributed by atoms with Gasteiger partial charge in [0.2, 0.25) is 0 Å². The third-order valence-corrected chi connectivity index (χ3v) is 20.1. The molecular weight excluding hydrogens is 791 g/mol. The van der Waals surface area contributed by atoms with Crippen LogP contribution in [0.25, 0.3) is 43.8 Å². The van der Waals surface area contributed by atoms with Crippen LogP contribution in [0.3, 0.4) is 0 Å². The van der Waals surface area contributed by atoms with Crippen LogP contribution in [0.15, 0.2) is 146 Å². The smallest absolute Gasteiger partial charge is 1.00 e. The first-order valence-corrected chi connectivity index (χ1v) is 24.9. The average molecular weight is 837 g/mol. The molecule has 0 amide bonds. The Kier molecular flexibility index (Phi) is 10.9. The molecule has 9 rings (SSSR count). The van der Waals surface area contributed by atoms with Crippen LogP contribution in [0.2, 0.25) is 13.1 Å². The third-order valence-electron chi connectivity index (χ3n) is 12.0. The second-order valence-corrected chi connectivity index (χ2v) is 24.0. The summed E-state index contributed by atoms with van der Waals surface area (Å²) in [5.41, 5.74) is 20.7. The van der Waals surface area contributed by atoms with Crippen molar-refractivity contribution >= 4 is 29.6 Å². The van der Waals surface area contributed by atoms with E-state index >= 15 is 0 Å². The quantitative estimate of drug-likeness (QED) is 0.151. The fourth-order valence-corrected chi connectivity index (χ4v) is 19.3. The van der Waals surface area contributed by atoms with Crippen molar-refractivity contribution in [1.29, 1.82) is 0 Å². The van der Waals surface area contributed by atoms with Gasteiger partial charge in [-0.2, -0.15) is 0 Å². The zero-order valence-electron chi connectivity index (χ0n) is 31.9. The fraction of sp³-hybridized carbons (Fsp3) is 0.200. The normalized spacial score (nSPS) is 17.5. The maximum absolute atomic E-state index is 2.69. The number of hydrogen-bond donors (Lipinski definition) is 0. The number of fused-ring (bicyclic) bond motifs is 8. The van der Waals surface area contributed by atoms with Gasteiger partial charge in [-0.1, -0.05) is 0 Å². The predicted octanol–water partition coefficient (Wildman–Crippen LogP) is 7.79. The molecule has 2 atom stereocenters. The van der Waals surface area contributed by atoms with Crippen LogP contribution in [0.5, 0.6) is 0 Å². The minimum atomic E-state index is -2.44. The van der Waals surface area contributed by atoms with Crippen molar-refractivity contribution in [1.82, 2.24) is 0 Å². The van der Waals surface area contributed by atoms with Crippen molar-refractivity contribution < 1.29 is 48.0 Å². The van der Waals surface area contributed by atoms with E-state index in [-0.39, 0.29) is 24.8 Å². The van der Waals surface area contributed by atoms with Gasteiger partial charge in [0.15, 0.2) is 0 Å². The molecular formula is C50H46Cl2SiZr. The molecule has 0 radical (unpaired) electrons. The monoisotopic (exact) mass is 834 g/mol. The Morgan fingerprint density at radius 1 is 0.426 bits per heavy atom. The van der Waals surface area contributed by atoms with Crippen molar-refractivity contribution in [3.63, 3.8) is 0 Å². The van der Waals surface area contributed by atoms with E-state index < -0.39 is 31.3 Å². The van der Waals surface area contributed by atoms with Crippen molar-refractivity contribution in [2.75, 3.05) is 0 Å². The Hall–Kier alpha value is -3.52. The molecule has 6 aromatic rings. The van der Waals surface area contributed by atoms with E-state index in [0.717, 1.165) is 0 Å². The average Bonchev–Trinajstić information content (AvgIpc) is 3.71. The minimum absolute atomic E-state index is 0. The molecule has 2 unspecified atom stereocenters. The van der Waals surface area contributed by atoms with Gasteiger partial charge in [-0.05, 0) is 0 Å². The molecule has 3 aliphatic rings. The number of hydrogen-bond acceptors (Lipinski definition) is 0. The molecule has 268 valence electrons. The minimum Gasteiger partial charge on any atom is -1.00 e. The number of halogens is 2. The Balaban J connectivity index is 0.00000225. The molecule has 0 N–H and O–H groups in total. The fourth-order valence-electron chi connectivity index (χ4n) is 9.42. The molecule has 0 saturated heterocycles. The van der Waals surface area contributed by atoms with Crippen LogP contribution in [0.4, 0.5) is 0 Å². The zero-order chi connectivity index (χ0) is 35.7. The summed E-state index contributed by atoms with van der Waals surface area (Å²) in [4.78, 5) is 0. The summed E-state index contributed by atoms with van der Waals surface area (Å²) in [6.07, 6.45) is 0. The summed E-state index contributed by atoms with van der Waals surface area (Å²) < 4.78 is 0.950. The summed E-state index contributed by atoms with van der Waals surface area (Å²) in [5.74, 6) is 1.03. The van der Waals surface area contributed by atoms with Gasteiger partial charge < -0.3 is 24.8 Å². The molecule has 0 saturated carbocycles. The Bertz CT molecular complexity index is 2220. The van der Waals surface area contributed by atoms with Crippen LogP contribution in [-0.2, 0) is 23.2 Å². The van der Waals surface area contributed by atoms with Crippen LogP contribution in [-0.4, -0.2) is 8.07 Å². The van der Waals surface area contributed by atoms with Gasteiger partial charge in [0.25, 0.3) is 0 Å². The van der Waals surface area contributed by atoms with Crippen molar-refractivity contribution in [3.05, 3.63) is 190 Å². The summed E-state index contributed by atoms with van der Waals surface area (Å²) >= 11 is -1.22. The van der Waals surface area contributed by atoms with Crippen molar-refractivity contribution in [2.45, 2.75) is 59.9 Å². The summed E-state index contributed by atoms with van der Waals surface area (Å²) in [6, 6.07) is 56.6. The molecule has 0 nitrogen and oxygen atoms in total. The predicted molar refractivity (Wildman–Crippen MR) is 221 cm³/mol. The van der Waals surface area contributed by atoms with Crippen molar-refractivity contribution in [2.24, 2.45) is 0 Å². The topological polar surface area (TPSA) is 0 Å². The number of benzene rings is 6. The Labute approximate surface area is 347 Å². The van der Waals surface area contributed by atoms with Crippen LogP contribution < -0.4 is 24.8 Å². The van der Waals surface area contributed by atoms with E-state index in [1.165, 1.54) is 44.5 Å². The van der Waals surface area contributed by atoms with E-state index in [0.29, 0.717) is 19.1 Å². The number of rotatable bonds is 6. The Morgan fingerprint density at radius 2 is 0.796 bits per heavy atom. The van der Waals surface area contributed by atoms with E-state index in [1.54, 1.807) is 43.8 Å². The SMILES string of the molecule is CC(C)c1ccc(-c2cccc3c2C2=C(c4ccccc4)[CH]3[Zr+2][CH]3C(c4ccccc4)=C(c4c(-c5ccc(C(C)C)cc5)cccc43)[Si]2(C)C)cc1.[Cl-].[Cl-]. The summed E-state index contributed by atoms with van der Waals surface area (Å²) in [6.45, 7) is 14.5. The van der Waals surface area contributed by atoms with Gasteiger partial charge in [-0.3, -0.25) is 0 Å². The molecule has 2 aliphatic carbocycles. The van der Waals surface area contributed by atoms with Gasteiger partial charge >= 0.3 is 325 Å². The third kappa shape index (κ3) is 6.23. The molecule has 0 aromatic heterocycles. The van der Waals surface area contributed by atoms with Gasteiger partial charge in [0, 0.05) is 0 Å². The second-order valence-electron chi connectivity index (χ2n) is 16.1. The zero-order valence-corrected chi connectivity index (χ0v) is 36.9. The molecule has 0 fully saturated rings. The second kappa shape index (κ2) is 15.2. The first-order chi connectivity index (χ1) is 25.2.